The lowest BCUT2D eigenvalue weighted by atomic mass is 10.1. The van der Waals surface area contributed by atoms with E-state index in [1.54, 1.807) is 0 Å². The maximum atomic E-state index is 11.3. The van der Waals surface area contributed by atoms with Crippen molar-refractivity contribution in [3.63, 3.8) is 0 Å². The second kappa shape index (κ2) is 7.43. The summed E-state index contributed by atoms with van der Waals surface area (Å²) in [6.07, 6.45) is 2.25. The normalized spacial score (nSPS) is 12.5. The highest BCUT2D eigenvalue weighted by molar-refractivity contribution is 6.02. The predicted octanol–water partition coefficient (Wildman–Crippen LogP) is 0.888. The number of imide groups is 1. The minimum atomic E-state index is -1.24. The maximum Gasteiger partial charge on any atom is 0.328 e. The van der Waals surface area contributed by atoms with Gasteiger partial charge in [0, 0.05) is 18.2 Å². The highest BCUT2D eigenvalue weighted by atomic mass is 16.4. The molecule has 0 saturated heterocycles. The van der Waals surface area contributed by atoms with Crippen molar-refractivity contribution in [1.29, 1.82) is 0 Å². The van der Waals surface area contributed by atoms with Gasteiger partial charge in [-0.05, 0) is 19.3 Å². The van der Waals surface area contributed by atoms with Crippen LogP contribution < -0.4 is 10.6 Å². The van der Waals surface area contributed by atoms with Crippen molar-refractivity contribution in [2.45, 2.75) is 33.2 Å². The second-order valence-corrected chi connectivity index (χ2v) is 4.16. The smallest absolute Gasteiger partial charge is 0.328 e. The van der Waals surface area contributed by atoms with Crippen molar-refractivity contribution in [1.82, 2.24) is 10.6 Å². The molecule has 0 bridgehead atoms. The summed E-state index contributed by atoms with van der Waals surface area (Å²) in [4.78, 5) is 32.4. The Balaban J connectivity index is 4.01. The first kappa shape index (κ1) is 15.2. The Morgan fingerprint density at radius 1 is 1.18 bits per heavy atom. The molecule has 17 heavy (non-hydrogen) atoms. The van der Waals surface area contributed by atoms with Crippen LogP contribution in [-0.4, -0.2) is 29.1 Å². The number of rotatable bonds is 5. The highest BCUT2D eigenvalue weighted by Crippen LogP contribution is 2.03. The summed E-state index contributed by atoms with van der Waals surface area (Å²) in [5, 5.41) is 12.9. The molecule has 0 fully saturated rings. The van der Waals surface area contributed by atoms with Gasteiger partial charge < -0.3 is 10.4 Å². The lowest BCUT2D eigenvalue weighted by Gasteiger charge is -2.15. The average Bonchev–Trinajstić information content (AvgIpc) is 2.12. The number of amides is 3. The molecule has 0 radical (unpaired) electrons. The topological polar surface area (TPSA) is 95.5 Å². The summed E-state index contributed by atoms with van der Waals surface area (Å²) in [5.74, 6) is -1.57. The number of carboxylic acid groups (broad SMARTS) is 1. The Bertz CT molecular complexity index is 323. The van der Waals surface area contributed by atoms with Gasteiger partial charge in [-0.1, -0.05) is 13.8 Å². The fourth-order valence-electron chi connectivity index (χ4n) is 1.33. The summed E-state index contributed by atoms with van der Waals surface area (Å²) in [6, 6.07) is -0.676. The van der Waals surface area contributed by atoms with Gasteiger partial charge in [0.2, 0.25) is 0 Å². The average molecular weight is 242 g/mol. The number of hydrogen-bond donors (Lipinski definition) is 3. The van der Waals surface area contributed by atoms with Crippen molar-refractivity contribution < 1.29 is 19.5 Å². The molecule has 96 valence electrons. The molecule has 0 aromatic rings. The Kier molecular flexibility index (Phi) is 6.62. The molecule has 0 saturated carbocycles. The number of urea groups is 1. The van der Waals surface area contributed by atoms with Crippen LogP contribution in [0.1, 0.15) is 27.2 Å². The Hall–Kier alpha value is -1.85. The van der Waals surface area contributed by atoms with Crippen LogP contribution >= 0.6 is 0 Å². The molecule has 1 atom stereocenters. The van der Waals surface area contributed by atoms with Gasteiger partial charge in [0.05, 0.1) is 0 Å². The van der Waals surface area contributed by atoms with Crippen LogP contribution in [0.15, 0.2) is 12.2 Å². The van der Waals surface area contributed by atoms with Gasteiger partial charge in [-0.3, -0.25) is 10.1 Å². The van der Waals surface area contributed by atoms with E-state index in [-0.39, 0.29) is 6.04 Å². The Labute approximate surface area is 100 Å². The Morgan fingerprint density at radius 2 is 1.76 bits per heavy atom. The third kappa shape index (κ3) is 9.10. The Morgan fingerprint density at radius 3 is 2.24 bits per heavy atom. The number of hydrogen-bond acceptors (Lipinski definition) is 3. The zero-order chi connectivity index (χ0) is 13.4. The first-order valence-corrected chi connectivity index (χ1v) is 5.33. The molecule has 6 nitrogen and oxygen atoms in total. The van der Waals surface area contributed by atoms with Crippen LogP contribution in [0.2, 0.25) is 0 Å². The van der Waals surface area contributed by atoms with E-state index in [0.717, 1.165) is 12.5 Å². The molecule has 0 aliphatic heterocycles. The number of carboxylic acids is 1. The first-order valence-electron chi connectivity index (χ1n) is 5.33. The highest BCUT2D eigenvalue weighted by Gasteiger charge is 2.10. The maximum absolute atomic E-state index is 11.3. The zero-order valence-electron chi connectivity index (χ0n) is 10.2. The monoisotopic (exact) mass is 242 g/mol. The van der Waals surface area contributed by atoms with Crippen LogP contribution in [0, 0.1) is 5.92 Å². The molecule has 0 spiro atoms. The van der Waals surface area contributed by atoms with E-state index in [0.29, 0.717) is 12.0 Å². The largest absolute Gasteiger partial charge is 0.478 e. The second-order valence-electron chi connectivity index (χ2n) is 4.16. The van der Waals surface area contributed by atoms with Crippen LogP contribution in [0.25, 0.3) is 0 Å². The van der Waals surface area contributed by atoms with E-state index in [2.05, 4.69) is 5.32 Å². The third-order valence-corrected chi connectivity index (χ3v) is 1.82. The number of carbonyl (C=O) groups excluding carboxylic acids is 2. The van der Waals surface area contributed by atoms with Crippen molar-refractivity contribution in [2.24, 2.45) is 5.92 Å². The zero-order valence-corrected chi connectivity index (χ0v) is 10.2. The molecule has 0 aromatic carbocycles. The summed E-state index contributed by atoms with van der Waals surface area (Å²) in [6.45, 7) is 5.88. The van der Waals surface area contributed by atoms with Gasteiger partial charge in [-0.15, -0.1) is 0 Å². The van der Waals surface area contributed by atoms with Gasteiger partial charge >= 0.3 is 12.0 Å². The fourth-order valence-corrected chi connectivity index (χ4v) is 1.33. The van der Waals surface area contributed by atoms with E-state index in [1.165, 1.54) is 0 Å². The van der Waals surface area contributed by atoms with E-state index < -0.39 is 17.9 Å². The van der Waals surface area contributed by atoms with Crippen LogP contribution in [-0.2, 0) is 9.59 Å². The molecular weight excluding hydrogens is 224 g/mol. The molecule has 0 heterocycles. The summed E-state index contributed by atoms with van der Waals surface area (Å²) < 4.78 is 0. The molecule has 1 unspecified atom stereocenters. The number of nitrogens with one attached hydrogen (secondary N) is 2. The molecule has 3 N–H and O–H groups in total. The van der Waals surface area contributed by atoms with E-state index >= 15 is 0 Å². The summed E-state index contributed by atoms with van der Waals surface area (Å²) >= 11 is 0. The SMILES string of the molecule is CC(C)CC(C)NC(=O)NC(=O)/C=C/C(=O)O. The van der Waals surface area contributed by atoms with Crippen molar-refractivity contribution in [3.05, 3.63) is 12.2 Å². The lowest BCUT2D eigenvalue weighted by Crippen LogP contribution is -2.43. The standard InChI is InChI=1S/C11H18N2O4/c1-7(2)6-8(3)12-11(17)13-9(14)4-5-10(15)16/h4-5,7-8H,6H2,1-3H3,(H,15,16)(H2,12,13,14,17)/b5-4+. The van der Waals surface area contributed by atoms with Gasteiger partial charge in [0.1, 0.15) is 0 Å². The van der Waals surface area contributed by atoms with Crippen molar-refractivity contribution in [2.75, 3.05) is 0 Å². The molecule has 0 aliphatic carbocycles. The molecule has 0 aromatic heterocycles. The van der Waals surface area contributed by atoms with Crippen LogP contribution in [0.5, 0.6) is 0 Å². The number of carbonyl (C=O) groups is 3. The third-order valence-electron chi connectivity index (χ3n) is 1.82. The number of aliphatic carboxylic acids is 1. The van der Waals surface area contributed by atoms with Gasteiger partial charge in [-0.2, -0.15) is 0 Å². The van der Waals surface area contributed by atoms with Crippen molar-refractivity contribution >= 4 is 17.9 Å². The van der Waals surface area contributed by atoms with Gasteiger partial charge in [0.15, 0.2) is 0 Å². The molecule has 0 aliphatic rings. The molecular formula is C11H18N2O4. The predicted molar refractivity (Wildman–Crippen MR) is 62.4 cm³/mol. The summed E-state index contributed by atoms with van der Waals surface area (Å²) in [7, 11) is 0. The fraction of sp³-hybridized carbons (Fsp3) is 0.545. The van der Waals surface area contributed by atoms with E-state index in [9.17, 15) is 14.4 Å². The van der Waals surface area contributed by atoms with Crippen LogP contribution in [0.3, 0.4) is 0 Å². The molecule has 6 heteroatoms. The first-order chi connectivity index (χ1) is 7.81. The quantitative estimate of drug-likeness (QED) is 0.624. The minimum Gasteiger partial charge on any atom is -0.478 e. The van der Waals surface area contributed by atoms with Gasteiger partial charge in [0.25, 0.3) is 5.91 Å². The van der Waals surface area contributed by atoms with Gasteiger partial charge in [-0.25, -0.2) is 9.59 Å². The molecule has 0 rings (SSSR count). The lowest BCUT2D eigenvalue weighted by molar-refractivity contribution is -0.131. The molecule has 3 amide bonds. The van der Waals surface area contributed by atoms with Crippen LogP contribution in [0.4, 0.5) is 4.79 Å². The van der Waals surface area contributed by atoms with E-state index in [4.69, 9.17) is 5.11 Å². The minimum absolute atomic E-state index is 0.0498. The van der Waals surface area contributed by atoms with E-state index in [1.807, 2.05) is 26.1 Å². The van der Waals surface area contributed by atoms with Crippen molar-refractivity contribution in [3.8, 4) is 0 Å². The summed E-state index contributed by atoms with van der Waals surface area (Å²) in [5.41, 5.74) is 0.